The highest BCUT2D eigenvalue weighted by atomic mass is 32.1. The number of ether oxygens (including phenoxy) is 1. The van der Waals surface area contributed by atoms with Crippen molar-refractivity contribution in [3.63, 3.8) is 0 Å². The van der Waals surface area contributed by atoms with Crippen molar-refractivity contribution in [3.05, 3.63) is 75.9 Å². The second-order valence-corrected chi connectivity index (χ2v) is 7.58. The lowest BCUT2D eigenvalue weighted by atomic mass is 10.1. The molecule has 1 aromatic carbocycles. The normalized spacial score (nSPS) is 16.8. The lowest BCUT2D eigenvalue weighted by Gasteiger charge is -2.13. The molecule has 1 N–H and O–H groups in total. The number of aromatic nitrogens is 1. The topological polar surface area (TPSA) is 85.8 Å². The van der Waals surface area contributed by atoms with Gasteiger partial charge in [0.2, 0.25) is 0 Å². The third-order valence-corrected chi connectivity index (χ3v) is 5.50. The molecule has 1 saturated heterocycles. The first-order valence-corrected chi connectivity index (χ1v) is 10.3. The quantitative estimate of drug-likeness (QED) is 0.676. The van der Waals surface area contributed by atoms with Crippen LogP contribution in [0.25, 0.3) is 0 Å². The van der Waals surface area contributed by atoms with E-state index in [1.807, 2.05) is 34.3 Å². The Kier molecular flexibility index (Phi) is 6.02. The molecule has 0 bridgehead atoms. The fraction of sp³-hybridized carbons (Fsp3) is 0.286. The zero-order valence-electron chi connectivity index (χ0n) is 15.7. The van der Waals surface area contributed by atoms with Crippen LogP contribution in [-0.4, -0.2) is 35.6 Å². The van der Waals surface area contributed by atoms with Gasteiger partial charge in [0.15, 0.2) is 10.6 Å². The van der Waals surface area contributed by atoms with Gasteiger partial charge in [0.25, 0.3) is 5.91 Å². The molecule has 1 atom stereocenters. The van der Waals surface area contributed by atoms with Crippen LogP contribution in [-0.2, 0) is 11.3 Å². The molecular formula is C21H21N3O4S. The first-order valence-electron chi connectivity index (χ1n) is 9.45. The molecule has 0 saturated carbocycles. The Morgan fingerprint density at radius 2 is 2.14 bits per heavy atom. The molecule has 1 fully saturated rings. The molecule has 0 unspecified atom stereocenters. The van der Waals surface area contributed by atoms with E-state index in [-0.39, 0.29) is 17.8 Å². The lowest BCUT2D eigenvalue weighted by molar-refractivity contribution is 0.0856. The Bertz CT molecular complexity index is 1050. The largest absolute Gasteiger partial charge is 0.459 e. The number of thiazole rings is 1. The summed E-state index contributed by atoms with van der Waals surface area (Å²) in [5.41, 5.74) is 1.45. The van der Waals surface area contributed by atoms with Crippen LogP contribution in [0.3, 0.4) is 0 Å². The minimum Gasteiger partial charge on any atom is -0.459 e. The maximum absolute atomic E-state index is 12.7. The Labute approximate surface area is 171 Å². The van der Waals surface area contributed by atoms with Gasteiger partial charge in [0.1, 0.15) is 0 Å². The van der Waals surface area contributed by atoms with Crippen molar-refractivity contribution in [2.45, 2.75) is 25.5 Å². The van der Waals surface area contributed by atoms with E-state index in [1.165, 1.54) is 17.6 Å². The fourth-order valence-electron chi connectivity index (χ4n) is 3.22. The van der Waals surface area contributed by atoms with Crippen LogP contribution in [0.1, 0.15) is 39.3 Å². The monoisotopic (exact) mass is 411 g/mol. The predicted octanol–water partition coefficient (Wildman–Crippen LogP) is 2.84. The standard InChI is InChI=1S/C21H21N3O4S/c25-19(22-13-16-6-3-10-27-16)17-7-2-1-5-15(17)14-24-9-12-29-21(24)23-20(26)18-8-4-11-28-18/h1-2,4-5,7-9,11-12,16H,3,6,10,13-14H2,(H,22,25)/t16-/m0/s1. The molecule has 0 spiro atoms. The number of nitrogens with one attached hydrogen (secondary N) is 1. The molecule has 8 heteroatoms. The number of amides is 2. The second-order valence-electron chi connectivity index (χ2n) is 6.71. The molecule has 0 aliphatic carbocycles. The van der Waals surface area contributed by atoms with Crippen molar-refractivity contribution in [1.82, 2.24) is 9.88 Å². The van der Waals surface area contributed by atoms with Crippen molar-refractivity contribution in [1.29, 1.82) is 0 Å². The lowest BCUT2D eigenvalue weighted by Crippen LogP contribution is -2.32. The molecule has 1 aliphatic rings. The first-order chi connectivity index (χ1) is 14.2. The van der Waals surface area contributed by atoms with Gasteiger partial charge in [-0.05, 0) is 36.6 Å². The van der Waals surface area contributed by atoms with Crippen LogP contribution in [0, 0.1) is 0 Å². The molecule has 1 aliphatic heterocycles. The summed E-state index contributed by atoms with van der Waals surface area (Å²) in [5.74, 6) is -0.371. The zero-order valence-corrected chi connectivity index (χ0v) is 16.6. The third-order valence-electron chi connectivity index (χ3n) is 4.71. The van der Waals surface area contributed by atoms with Gasteiger partial charge in [-0.25, -0.2) is 0 Å². The molecule has 2 amide bonds. The Morgan fingerprint density at radius 1 is 1.24 bits per heavy atom. The summed E-state index contributed by atoms with van der Waals surface area (Å²) in [4.78, 5) is 29.6. The number of nitrogens with zero attached hydrogens (tertiary/aromatic N) is 2. The van der Waals surface area contributed by atoms with E-state index in [1.54, 1.807) is 18.2 Å². The number of hydrogen-bond donors (Lipinski definition) is 1. The summed E-state index contributed by atoms with van der Waals surface area (Å²) in [6.45, 7) is 1.70. The summed E-state index contributed by atoms with van der Waals surface area (Å²) < 4.78 is 12.5. The second kappa shape index (κ2) is 9.02. The fourth-order valence-corrected chi connectivity index (χ4v) is 3.95. The number of hydrogen-bond acceptors (Lipinski definition) is 5. The van der Waals surface area contributed by atoms with Gasteiger partial charge in [-0.1, -0.05) is 18.2 Å². The average Bonchev–Trinajstić information content (AvgIpc) is 3.50. The summed E-state index contributed by atoms with van der Waals surface area (Å²) in [6.07, 6.45) is 5.39. The number of carbonyl (C=O) groups is 2. The maximum atomic E-state index is 12.7. The van der Waals surface area contributed by atoms with Crippen LogP contribution in [0.15, 0.2) is 63.6 Å². The summed E-state index contributed by atoms with van der Waals surface area (Å²) >= 11 is 1.35. The number of benzene rings is 1. The SMILES string of the molecule is O=C(N=c1sccn1Cc1ccccc1C(=O)NC[C@@H]1CCCO1)c1ccco1. The third kappa shape index (κ3) is 4.72. The molecule has 29 heavy (non-hydrogen) atoms. The van der Waals surface area contributed by atoms with E-state index in [4.69, 9.17) is 9.15 Å². The van der Waals surface area contributed by atoms with Crippen LogP contribution < -0.4 is 10.1 Å². The summed E-state index contributed by atoms with van der Waals surface area (Å²) in [6, 6.07) is 10.7. The molecule has 7 nitrogen and oxygen atoms in total. The van der Waals surface area contributed by atoms with Gasteiger partial charge in [0, 0.05) is 30.3 Å². The minimum absolute atomic E-state index is 0.0929. The van der Waals surface area contributed by atoms with Crippen LogP contribution in [0.5, 0.6) is 0 Å². The Balaban J connectivity index is 1.51. The van der Waals surface area contributed by atoms with E-state index in [2.05, 4.69) is 10.3 Å². The van der Waals surface area contributed by atoms with Gasteiger partial charge in [-0.15, -0.1) is 11.3 Å². The van der Waals surface area contributed by atoms with Crippen molar-refractivity contribution < 1.29 is 18.7 Å². The van der Waals surface area contributed by atoms with Crippen molar-refractivity contribution in [3.8, 4) is 0 Å². The summed E-state index contributed by atoms with van der Waals surface area (Å²) in [7, 11) is 0. The van der Waals surface area contributed by atoms with Gasteiger partial charge in [0.05, 0.1) is 18.9 Å². The molecule has 4 rings (SSSR count). The maximum Gasteiger partial charge on any atom is 0.315 e. The van der Waals surface area contributed by atoms with E-state index in [9.17, 15) is 9.59 Å². The average molecular weight is 411 g/mol. The molecule has 3 heterocycles. The molecule has 2 aromatic heterocycles. The molecule has 0 radical (unpaired) electrons. The molecular weight excluding hydrogens is 390 g/mol. The van der Waals surface area contributed by atoms with Crippen molar-refractivity contribution in [2.24, 2.45) is 4.99 Å². The van der Waals surface area contributed by atoms with Gasteiger partial charge >= 0.3 is 5.91 Å². The van der Waals surface area contributed by atoms with Crippen LogP contribution in [0.2, 0.25) is 0 Å². The van der Waals surface area contributed by atoms with Gasteiger partial charge < -0.3 is 19.0 Å². The highest BCUT2D eigenvalue weighted by molar-refractivity contribution is 7.07. The highest BCUT2D eigenvalue weighted by Crippen LogP contribution is 2.13. The Hall–Kier alpha value is -2.97. The Morgan fingerprint density at radius 3 is 2.93 bits per heavy atom. The van der Waals surface area contributed by atoms with E-state index in [0.29, 0.717) is 23.5 Å². The minimum atomic E-state index is -0.436. The van der Waals surface area contributed by atoms with E-state index in [0.717, 1.165) is 25.0 Å². The number of rotatable bonds is 6. The van der Waals surface area contributed by atoms with Crippen LogP contribution in [0.4, 0.5) is 0 Å². The van der Waals surface area contributed by atoms with E-state index >= 15 is 0 Å². The summed E-state index contributed by atoms with van der Waals surface area (Å²) in [5, 5.41) is 4.82. The smallest absolute Gasteiger partial charge is 0.315 e. The number of furan rings is 1. The zero-order chi connectivity index (χ0) is 20.1. The molecule has 3 aromatic rings. The highest BCUT2D eigenvalue weighted by Gasteiger charge is 2.18. The molecule has 150 valence electrons. The van der Waals surface area contributed by atoms with Crippen molar-refractivity contribution in [2.75, 3.05) is 13.2 Å². The van der Waals surface area contributed by atoms with E-state index < -0.39 is 5.91 Å². The van der Waals surface area contributed by atoms with Crippen molar-refractivity contribution >= 4 is 23.2 Å². The van der Waals surface area contributed by atoms with Gasteiger partial charge in [-0.2, -0.15) is 4.99 Å². The van der Waals surface area contributed by atoms with Crippen LogP contribution >= 0.6 is 11.3 Å². The van der Waals surface area contributed by atoms with Gasteiger partial charge in [-0.3, -0.25) is 9.59 Å². The predicted molar refractivity (Wildman–Crippen MR) is 108 cm³/mol. The number of carbonyl (C=O) groups excluding carboxylic acids is 2. The first kappa shape index (κ1) is 19.4.